The van der Waals surface area contributed by atoms with Crippen molar-refractivity contribution in [2.45, 2.75) is 40.4 Å². The fourth-order valence-corrected chi connectivity index (χ4v) is 3.26. The summed E-state index contributed by atoms with van der Waals surface area (Å²) in [4.78, 5) is 27.2. The van der Waals surface area contributed by atoms with E-state index in [0.717, 1.165) is 22.6 Å². The number of carbonyl (C=O) groups excluding carboxylic acids is 2. The van der Waals surface area contributed by atoms with Crippen LogP contribution in [0.1, 0.15) is 35.2 Å². The molecule has 0 aliphatic rings. The number of nitrogens with zero attached hydrogens (tertiary/aromatic N) is 2. The Kier molecular flexibility index (Phi) is 6.61. The van der Waals surface area contributed by atoms with Crippen LogP contribution in [0.3, 0.4) is 0 Å². The van der Waals surface area contributed by atoms with E-state index in [1.807, 2.05) is 26.0 Å². The van der Waals surface area contributed by atoms with Gasteiger partial charge < -0.3 is 19.3 Å². The van der Waals surface area contributed by atoms with E-state index >= 15 is 0 Å². The maximum Gasteiger partial charge on any atom is 0.310 e. The standard InChI is InChI=1S/C20H21N3O5S/c1-12-18(13(2)28-23-12)10-26-17-6-4-15(5-7-17)8-19(25)27-9-16-11-29-20(22-16)21-14(3)24/h4-7,11H,8-10H2,1-3H3,(H,21,22,24). The minimum Gasteiger partial charge on any atom is -0.489 e. The van der Waals surface area contributed by atoms with Gasteiger partial charge in [-0.1, -0.05) is 17.3 Å². The number of carbonyl (C=O) groups is 2. The van der Waals surface area contributed by atoms with E-state index in [1.54, 1.807) is 17.5 Å². The molecule has 8 nitrogen and oxygen atoms in total. The molecule has 0 aliphatic heterocycles. The molecule has 1 amide bonds. The van der Waals surface area contributed by atoms with Crippen molar-refractivity contribution < 1.29 is 23.6 Å². The van der Waals surface area contributed by atoms with E-state index in [0.29, 0.717) is 23.2 Å². The van der Waals surface area contributed by atoms with Crippen LogP contribution in [0.2, 0.25) is 0 Å². The van der Waals surface area contributed by atoms with E-state index in [1.165, 1.54) is 18.3 Å². The summed E-state index contributed by atoms with van der Waals surface area (Å²) in [7, 11) is 0. The predicted octanol–water partition coefficient (Wildman–Crippen LogP) is 3.57. The maximum absolute atomic E-state index is 12.0. The summed E-state index contributed by atoms with van der Waals surface area (Å²) < 4.78 is 16.1. The Bertz CT molecular complexity index is 974. The maximum atomic E-state index is 12.0. The van der Waals surface area contributed by atoms with Gasteiger partial charge in [0.05, 0.1) is 23.4 Å². The molecule has 2 aromatic heterocycles. The fraction of sp³-hybridized carbons (Fsp3) is 0.300. The largest absolute Gasteiger partial charge is 0.489 e. The molecular formula is C20H21N3O5S. The van der Waals surface area contributed by atoms with Gasteiger partial charge in [0.15, 0.2) is 5.13 Å². The number of hydrogen-bond donors (Lipinski definition) is 1. The van der Waals surface area contributed by atoms with Crippen molar-refractivity contribution in [3.8, 4) is 5.75 Å². The smallest absolute Gasteiger partial charge is 0.310 e. The Hall–Kier alpha value is -3.20. The first kappa shape index (κ1) is 20.5. The lowest BCUT2D eigenvalue weighted by atomic mass is 10.1. The van der Waals surface area contributed by atoms with Gasteiger partial charge in [0, 0.05) is 12.3 Å². The molecule has 3 aromatic rings. The molecule has 0 fully saturated rings. The lowest BCUT2D eigenvalue weighted by molar-refractivity contribution is -0.144. The molecule has 2 heterocycles. The summed E-state index contributed by atoms with van der Waals surface area (Å²) in [5, 5.41) is 8.71. The molecule has 29 heavy (non-hydrogen) atoms. The monoisotopic (exact) mass is 415 g/mol. The van der Waals surface area contributed by atoms with E-state index in [-0.39, 0.29) is 24.9 Å². The van der Waals surface area contributed by atoms with Crippen LogP contribution in [0.4, 0.5) is 5.13 Å². The van der Waals surface area contributed by atoms with Gasteiger partial charge in [0.2, 0.25) is 5.91 Å². The summed E-state index contributed by atoms with van der Waals surface area (Å²) in [5.41, 5.74) is 3.15. The molecule has 0 radical (unpaired) electrons. The van der Waals surface area contributed by atoms with Crippen molar-refractivity contribution in [3.63, 3.8) is 0 Å². The van der Waals surface area contributed by atoms with Gasteiger partial charge >= 0.3 is 5.97 Å². The highest BCUT2D eigenvalue weighted by molar-refractivity contribution is 7.13. The Morgan fingerprint density at radius 1 is 1.17 bits per heavy atom. The van der Waals surface area contributed by atoms with Crippen molar-refractivity contribution in [1.82, 2.24) is 10.1 Å². The molecule has 152 valence electrons. The summed E-state index contributed by atoms with van der Waals surface area (Å²) in [5.74, 6) is 0.881. The van der Waals surface area contributed by atoms with Crippen LogP contribution in [0.25, 0.3) is 0 Å². The zero-order valence-electron chi connectivity index (χ0n) is 16.4. The van der Waals surface area contributed by atoms with Crippen LogP contribution in [-0.4, -0.2) is 22.0 Å². The second kappa shape index (κ2) is 9.33. The Morgan fingerprint density at radius 3 is 2.59 bits per heavy atom. The SMILES string of the molecule is CC(=O)Nc1nc(COC(=O)Cc2ccc(OCc3c(C)noc3C)cc2)cs1. The average Bonchev–Trinajstić information content (AvgIpc) is 3.25. The molecule has 0 atom stereocenters. The molecule has 1 N–H and O–H groups in total. The minimum atomic E-state index is -0.358. The highest BCUT2D eigenvalue weighted by Crippen LogP contribution is 2.19. The number of aromatic nitrogens is 2. The van der Waals surface area contributed by atoms with Gasteiger partial charge in [-0.05, 0) is 31.5 Å². The van der Waals surface area contributed by atoms with E-state index < -0.39 is 0 Å². The van der Waals surface area contributed by atoms with Crippen LogP contribution in [-0.2, 0) is 34.0 Å². The third-order valence-corrected chi connectivity index (χ3v) is 4.86. The number of hydrogen-bond acceptors (Lipinski definition) is 8. The van der Waals surface area contributed by atoms with Crippen molar-refractivity contribution >= 4 is 28.3 Å². The predicted molar refractivity (Wildman–Crippen MR) is 107 cm³/mol. The summed E-state index contributed by atoms with van der Waals surface area (Å²) in [6, 6.07) is 7.26. The number of benzene rings is 1. The second-order valence-corrected chi connectivity index (χ2v) is 7.26. The number of aryl methyl sites for hydroxylation is 2. The van der Waals surface area contributed by atoms with Crippen LogP contribution >= 0.6 is 11.3 Å². The molecule has 0 bridgehead atoms. The number of esters is 1. The van der Waals surface area contributed by atoms with Crippen molar-refractivity contribution in [3.05, 3.63) is 57.9 Å². The first-order valence-electron chi connectivity index (χ1n) is 8.92. The summed E-state index contributed by atoms with van der Waals surface area (Å²) >= 11 is 1.28. The molecule has 9 heteroatoms. The van der Waals surface area contributed by atoms with Crippen LogP contribution in [0.15, 0.2) is 34.2 Å². The third kappa shape index (κ3) is 5.89. The number of anilines is 1. The first-order chi connectivity index (χ1) is 13.9. The topological polar surface area (TPSA) is 104 Å². The molecule has 0 saturated heterocycles. The number of nitrogens with one attached hydrogen (secondary N) is 1. The lowest BCUT2D eigenvalue weighted by Crippen LogP contribution is -2.09. The highest BCUT2D eigenvalue weighted by Gasteiger charge is 2.11. The molecule has 0 spiro atoms. The first-order valence-corrected chi connectivity index (χ1v) is 9.80. The number of ether oxygens (including phenoxy) is 2. The summed E-state index contributed by atoms with van der Waals surface area (Å²) in [6.45, 7) is 5.56. The fourth-order valence-electron chi connectivity index (χ4n) is 2.52. The normalized spacial score (nSPS) is 10.6. The van der Waals surface area contributed by atoms with Gasteiger partial charge in [0.1, 0.15) is 24.7 Å². The van der Waals surface area contributed by atoms with Gasteiger partial charge in [0.25, 0.3) is 0 Å². The van der Waals surface area contributed by atoms with Crippen molar-refractivity contribution in [2.75, 3.05) is 5.32 Å². The highest BCUT2D eigenvalue weighted by atomic mass is 32.1. The number of amides is 1. The quantitative estimate of drug-likeness (QED) is 0.561. The number of rotatable bonds is 8. The van der Waals surface area contributed by atoms with Gasteiger partial charge in [-0.15, -0.1) is 11.3 Å². The number of thiazole rings is 1. The van der Waals surface area contributed by atoms with Gasteiger partial charge in [-0.2, -0.15) is 0 Å². The second-order valence-electron chi connectivity index (χ2n) is 6.40. The Labute approximate surface area is 171 Å². The molecule has 1 aromatic carbocycles. The van der Waals surface area contributed by atoms with E-state index in [4.69, 9.17) is 14.0 Å². The molecule has 0 unspecified atom stereocenters. The lowest BCUT2D eigenvalue weighted by Gasteiger charge is -2.07. The Balaban J connectivity index is 1.46. The van der Waals surface area contributed by atoms with Crippen molar-refractivity contribution in [2.24, 2.45) is 0 Å². The molecular weight excluding hydrogens is 394 g/mol. The zero-order valence-corrected chi connectivity index (χ0v) is 17.2. The van der Waals surface area contributed by atoms with E-state index in [9.17, 15) is 9.59 Å². The molecule has 0 saturated carbocycles. The van der Waals surface area contributed by atoms with Crippen molar-refractivity contribution in [1.29, 1.82) is 0 Å². The molecule has 3 rings (SSSR count). The van der Waals surface area contributed by atoms with Crippen LogP contribution in [0.5, 0.6) is 5.75 Å². The van der Waals surface area contributed by atoms with E-state index in [2.05, 4.69) is 15.5 Å². The Morgan fingerprint density at radius 2 is 1.93 bits per heavy atom. The average molecular weight is 415 g/mol. The summed E-state index contributed by atoms with van der Waals surface area (Å²) in [6.07, 6.45) is 0.146. The third-order valence-electron chi connectivity index (χ3n) is 4.05. The minimum absolute atomic E-state index is 0.0630. The molecule has 0 aliphatic carbocycles. The van der Waals surface area contributed by atoms with Crippen LogP contribution in [0, 0.1) is 13.8 Å². The zero-order chi connectivity index (χ0) is 20.8. The van der Waals surface area contributed by atoms with Gasteiger partial charge in [-0.3, -0.25) is 9.59 Å². The van der Waals surface area contributed by atoms with Crippen LogP contribution < -0.4 is 10.1 Å². The van der Waals surface area contributed by atoms with Gasteiger partial charge in [-0.25, -0.2) is 4.98 Å².